The first-order chi connectivity index (χ1) is 14.5. The molecule has 1 N–H and O–H groups in total. The fourth-order valence-corrected chi connectivity index (χ4v) is 4.12. The van der Waals surface area contributed by atoms with Gasteiger partial charge in [-0.15, -0.1) is 11.3 Å². The monoisotopic (exact) mass is 418 g/mol. The first-order valence-corrected chi connectivity index (χ1v) is 10.6. The molecule has 2 amide bonds. The van der Waals surface area contributed by atoms with E-state index in [1.165, 1.54) is 21.8 Å². The number of anilines is 2. The highest BCUT2D eigenvalue weighted by Gasteiger charge is 2.40. The van der Waals surface area contributed by atoms with Gasteiger partial charge in [0.15, 0.2) is 0 Å². The van der Waals surface area contributed by atoms with Crippen molar-refractivity contribution in [2.75, 3.05) is 17.3 Å². The van der Waals surface area contributed by atoms with E-state index in [2.05, 4.69) is 19.2 Å². The topological polar surface area (TPSA) is 58.6 Å². The predicted molar refractivity (Wildman–Crippen MR) is 121 cm³/mol. The van der Waals surface area contributed by atoms with Gasteiger partial charge in [0.2, 0.25) is 0 Å². The number of ether oxygens (including phenoxy) is 1. The highest BCUT2D eigenvalue weighted by molar-refractivity contribution is 7.11. The van der Waals surface area contributed by atoms with Crippen LogP contribution in [0.2, 0.25) is 0 Å². The van der Waals surface area contributed by atoms with Crippen molar-refractivity contribution in [3.05, 3.63) is 82.2 Å². The number of imide groups is 1. The highest BCUT2D eigenvalue weighted by atomic mass is 32.1. The predicted octanol–water partition coefficient (Wildman–Crippen LogP) is 5.28. The summed E-state index contributed by atoms with van der Waals surface area (Å²) in [5, 5.41) is 5.09. The van der Waals surface area contributed by atoms with Gasteiger partial charge < -0.3 is 10.1 Å². The van der Waals surface area contributed by atoms with Gasteiger partial charge in [-0.05, 0) is 59.3 Å². The summed E-state index contributed by atoms with van der Waals surface area (Å²) in [5.74, 6) is 0.364. The summed E-state index contributed by atoms with van der Waals surface area (Å²) in [6.45, 7) is 4.26. The maximum atomic E-state index is 13.3. The molecule has 3 aromatic rings. The van der Waals surface area contributed by atoms with E-state index in [4.69, 9.17) is 4.74 Å². The Bertz CT molecular complexity index is 1100. The minimum absolute atomic E-state index is 0.288. The molecule has 0 saturated carbocycles. The number of benzene rings is 2. The third-order valence-corrected chi connectivity index (χ3v) is 5.92. The van der Waals surface area contributed by atoms with Gasteiger partial charge in [-0.25, -0.2) is 4.90 Å². The summed E-state index contributed by atoms with van der Waals surface area (Å²) >= 11 is 1.43. The molecule has 0 spiro atoms. The Morgan fingerprint density at radius 2 is 1.63 bits per heavy atom. The number of thiophene rings is 1. The number of nitrogens with zero attached hydrogens (tertiary/aromatic N) is 1. The van der Waals surface area contributed by atoms with Gasteiger partial charge in [-0.3, -0.25) is 9.59 Å². The van der Waals surface area contributed by atoms with Gasteiger partial charge >= 0.3 is 0 Å². The number of amides is 2. The third-order valence-electron chi connectivity index (χ3n) is 5.03. The van der Waals surface area contributed by atoms with Crippen molar-refractivity contribution in [2.45, 2.75) is 19.8 Å². The second kappa shape index (κ2) is 8.16. The fourth-order valence-electron chi connectivity index (χ4n) is 3.36. The minimum Gasteiger partial charge on any atom is -0.497 e. The van der Waals surface area contributed by atoms with Crippen LogP contribution in [0.5, 0.6) is 5.75 Å². The number of nitrogens with one attached hydrogen (secondary N) is 1. The molecule has 2 aromatic carbocycles. The van der Waals surface area contributed by atoms with Gasteiger partial charge in [-0.1, -0.05) is 32.0 Å². The Balaban J connectivity index is 1.72. The maximum Gasteiger partial charge on any atom is 0.282 e. The summed E-state index contributed by atoms with van der Waals surface area (Å²) in [6, 6.07) is 18.5. The van der Waals surface area contributed by atoms with Crippen LogP contribution in [0.3, 0.4) is 0 Å². The van der Waals surface area contributed by atoms with Gasteiger partial charge in [0.1, 0.15) is 11.4 Å². The second-order valence-corrected chi connectivity index (χ2v) is 8.22. The van der Waals surface area contributed by atoms with Crippen LogP contribution in [0, 0.1) is 0 Å². The zero-order valence-electron chi connectivity index (χ0n) is 17.0. The van der Waals surface area contributed by atoms with Crippen LogP contribution in [0.25, 0.3) is 5.57 Å². The number of hydrogen-bond donors (Lipinski definition) is 1. The molecule has 0 unspecified atom stereocenters. The number of carbonyl (C=O) groups is 2. The maximum absolute atomic E-state index is 13.3. The van der Waals surface area contributed by atoms with E-state index in [0.29, 0.717) is 22.9 Å². The molecule has 0 bridgehead atoms. The van der Waals surface area contributed by atoms with E-state index in [1.54, 1.807) is 31.4 Å². The molecule has 1 aliphatic heterocycles. The van der Waals surface area contributed by atoms with E-state index in [-0.39, 0.29) is 17.5 Å². The summed E-state index contributed by atoms with van der Waals surface area (Å²) in [7, 11) is 1.57. The summed E-state index contributed by atoms with van der Waals surface area (Å²) in [4.78, 5) is 28.6. The van der Waals surface area contributed by atoms with Crippen molar-refractivity contribution in [3.63, 3.8) is 0 Å². The van der Waals surface area contributed by atoms with Crippen molar-refractivity contribution in [2.24, 2.45) is 0 Å². The average molecular weight is 419 g/mol. The molecule has 152 valence electrons. The number of carbonyl (C=O) groups excluding carboxylic acids is 2. The Kier molecular flexibility index (Phi) is 5.42. The molecule has 0 radical (unpaired) electrons. The van der Waals surface area contributed by atoms with Crippen LogP contribution in [-0.4, -0.2) is 18.9 Å². The average Bonchev–Trinajstić information content (AvgIpc) is 3.35. The van der Waals surface area contributed by atoms with Crippen molar-refractivity contribution in [3.8, 4) is 5.75 Å². The van der Waals surface area contributed by atoms with E-state index in [0.717, 1.165) is 10.6 Å². The first-order valence-electron chi connectivity index (χ1n) is 9.67. The Morgan fingerprint density at radius 3 is 2.20 bits per heavy atom. The normalized spacial score (nSPS) is 14.1. The Morgan fingerprint density at radius 1 is 0.933 bits per heavy atom. The molecular weight excluding hydrogens is 396 g/mol. The molecule has 0 atom stereocenters. The van der Waals surface area contributed by atoms with Gasteiger partial charge in [0.05, 0.1) is 18.4 Å². The molecular formula is C24H22N2O3S. The van der Waals surface area contributed by atoms with Crippen molar-refractivity contribution < 1.29 is 14.3 Å². The fraction of sp³-hybridized carbons (Fsp3) is 0.167. The lowest BCUT2D eigenvalue weighted by atomic mass is 10.0. The molecule has 0 saturated heterocycles. The molecule has 30 heavy (non-hydrogen) atoms. The third kappa shape index (κ3) is 3.62. The molecule has 0 aliphatic carbocycles. The highest BCUT2D eigenvalue weighted by Crippen LogP contribution is 2.36. The molecule has 4 rings (SSSR count). The number of hydrogen-bond acceptors (Lipinski definition) is 5. The SMILES string of the molecule is COc1ccc(N2C(=O)C(Nc3ccc(C(C)C)cc3)=C(c3cccs3)C2=O)cc1. The Hall–Kier alpha value is -3.38. The largest absolute Gasteiger partial charge is 0.497 e. The minimum atomic E-state index is -0.374. The summed E-state index contributed by atoms with van der Waals surface area (Å²) < 4.78 is 5.18. The lowest BCUT2D eigenvalue weighted by Crippen LogP contribution is -2.32. The lowest BCUT2D eigenvalue weighted by Gasteiger charge is -2.16. The van der Waals surface area contributed by atoms with Crippen LogP contribution in [0.4, 0.5) is 11.4 Å². The molecule has 1 aromatic heterocycles. The van der Waals surface area contributed by atoms with Crippen molar-refractivity contribution >= 4 is 40.1 Å². The van der Waals surface area contributed by atoms with E-state index >= 15 is 0 Å². The van der Waals surface area contributed by atoms with Gasteiger partial charge in [-0.2, -0.15) is 0 Å². The second-order valence-electron chi connectivity index (χ2n) is 7.27. The lowest BCUT2D eigenvalue weighted by molar-refractivity contribution is -0.120. The number of rotatable bonds is 6. The summed E-state index contributed by atoms with van der Waals surface area (Å²) in [5.41, 5.74) is 3.16. The smallest absolute Gasteiger partial charge is 0.282 e. The van der Waals surface area contributed by atoms with Crippen LogP contribution < -0.4 is 15.0 Å². The molecule has 6 heteroatoms. The van der Waals surface area contributed by atoms with Crippen LogP contribution in [-0.2, 0) is 9.59 Å². The standard InChI is InChI=1S/C24H22N2O3S/c1-15(2)16-6-8-17(9-7-16)25-22-21(20-5-4-14-30-20)23(27)26(24(22)28)18-10-12-19(29-3)13-11-18/h4-15,25H,1-3H3. The first kappa shape index (κ1) is 19.9. The zero-order valence-corrected chi connectivity index (χ0v) is 17.8. The van der Waals surface area contributed by atoms with Gasteiger partial charge in [0, 0.05) is 10.6 Å². The van der Waals surface area contributed by atoms with Gasteiger partial charge in [0.25, 0.3) is 11.8 Å². The van der Waals surface area contributed by atoms with E-state index < -0.39 is 0 Å². The zero-order chi connectivity index (χ0) is 21.3. The molecule has 0 fully saturated rings. The quantitative estimate of drug-likeness (QED) is 0.554. The van der Waals surface area contributed by atoms with E-state index in [9.17, 15) is 9.59 Å². The van der Waals surface area contributed by atoms with E-state index in [1.807, 2.05) is 41.8 Å². The van der Waals surface area contributed by atoms with Crippen LogP contribution >= 0.6 is 11.3 Å². The van der Waals surface area contributed by atoms with Crippen molar-refractivity contribution in [1.29, 1.82) is 0 Å². The summed E-state index contributed by atoms with van der Waals surface area (Å²) in [6.07, 6.45) is 0. The molecule has 5 nitrogen and oxygen atoms in total. The van der Waals surface area contributed by atoms with Crippen molar-refractivity contribution in [1.82, 2.24) is 0 Å². The molecule has 2 heterocycles. The van der Waals surface area contributed by atoms with Crippen LogP contribution in [0.15, 0.2) is 71.7 Å². The van der Waals surface area contributed by atoms with Crippen LogP contribution in [0.1, 0.15) is 30.2 Å². The molecule has 1 aliphatic rings. The Labute approximate surface area is 179 Å². The number of methoxy groups -OCH3 is 1.